The van der Waals surface area contributed by atoms with Crippen LogP contribution in [-0.4, -0.2) is 31.8 Å². The summed E-state index contributed by atoms with van der Waals surface area (Å²) in [6.07, 6.45) is -1.24. The van der Waals surface area contributed by atoms with Gasteiger partial charge >= 0.3 is 6.18 Å². The number of nitrogens with one attached hydrogen (secondary N) is 1. The predicted octanol–water partition coefficient (Wildman–Crippen LogP) is 1.69. The third-order valence-corrected chi connectivity index (χ3v) is 3.07. The minimum atomic E-state index is -4.78. The second-order valence-corrected chi connectivity index (χ2v) is 4.70. The number of rotatable bonds is 2. The Balaban J connectivity index is 2.10. The number of hydrazine groups is 1. The highest BCUT2D eigenvalue weighted by Gasteiger charge is 2.36. The van der Waals surface area contributed by atoms with E-state index in [0.717, 1.165) is 12.3 Å². The highest BCUT2D eigenvalue weighted by atomic mass is 19.4. The molecule has 0 atom stereocenters. The fourth-order valence-corrected chi connectivity index (χ4v) is 1.99. The average Bonchev–Trinajstić information content (AvgIpc) is 2.72. The number of anilines is 1. The molecule has 1 N–H and O–H groups in total. The summed E-state index contributed by atoms with van der Waals surface area (Å²) in [5, 5.41) is 0.788. The van der Waals surface area contributed by atoms with Gasteiger partial charge in [0.05, 0.1) is 11.7 Å². The zero-order chi connectivity index (χ0) is 16.8. The molecule has 118 valence electrons. The van der Waals surface area contributed by atoms with Crippen molar-refractivity contribution in [2.75, 3.05) is 5.43 Å². The first-order valence-electron chi connectivity index (χ1n) is 6.29. The van der Waals surface area contributed by atoms with Crippen molar-refractivity contribution < 1.29 is 22.8 Å². The average molecular weight is 323 g/mol. The molecule has 1 aliphatic rings. The number of hydrogen-bond donors (Lipinski definition) is 1. The molecule has 0 saturated heterocycles. The van der Waals surface area contributed by atoms with Crippen molar-refractivity contribution in [2.45, 2.75) is 13.1 Å². The van der Waals surface area contributed by atoms with E-state index in [9.17, 15) is 22.8 Å². The Morgan fingerprint density at radius 3 is 2.57 bits per heavy atom. The molecule has 10 heteroatoms. The third-order valence-electron chi connectivity index (χ3n) is 3.07. The molecule has 0 aliphatic carbocycles. The van der Waals surface area contributed by atoms with Gasteiger partial charge in [-0.2, -0.15) is 18.2 Å². The zero-order valence-corrected chi connectivity index (χ0v) is 11.5. The lowest BCUT2D eigenvalue weighted by molar-refractivity contribution is -0.144. The second-order valence-electron chi connectivity index (χ2n) is 4.70. The topological polar surface area (TPSA) is 88.1 Å². The van der Waals surface area contributed by atoms with Gasteiger partial charge in [-0.1, -0.05) is 0 Å². The number of imide groups is 1. The summed E-state index contributed by atoms with van der Waals surface area (Å²) in [6.45, 7) is 1.42. The van der Waals surface area contributed by atoms with E-state index in [2.05, 4.69) is 20.4 Å². The van der Waals surface area contributed by atoms with Gasteiger partial charge in [0.1, 0.15) is 0 Å². The maximum Gasteiger partial charge on any atom is 0.451 e. The SMILES string of the molecule is CC1=CC(=O)N(Nc2nc(C(F)(F)F)nc3cnccc23)C1=O. The molecule has 0 fully saturated rings. The van der Waals surface area contributed by atoms with Gasteiger partial charge in [0.2, 0.25) is 5.82 Å². The van der Waals surface area contributed by atoms with Gasteiger partial charge in [-0.05, 0) is 13.0 Å². The molecule has 1 aliphatic heterocycles. The number of carbonyl (C=O) groups is 2. The Bertz CT molecular complexity index is 862. The smallest absolute Gasteiger partial charge is 0.271 e. The van der Waals surface area contributed by atoms with Crippen molar-refractivity contribution in [3.8, 4) is 0 Å². The van der Waals surface area contributed by atoms with Crippen LogP contribution in [0, 0.1) is 0 Å². The molecule has 0 unspecified atom stereocenters. The molecule has 2 aromatic heterocycles. The summed E-state index contributed by atoms with van der Waals surface area (Å²) < 4.78 is 38.7. The van der Waals surface area contributed by atoms with E-state index in [-0.39, 0.29) is 22.3 Å². The highest BCUT2D eigenvalue weighted by Crippen LogP contribution is 2.30. The van der Waals surface area contributed by atoms with Gasteiger partial charge in [0.15, 0.2) is 5.82 Å². The summed E-state index contributed by atoms with van der Waals surface area (Å²) in [6, 6.07) is 1.38. The highest BCUT2D eigenvalue weighted by molar-refractivity contribution is 6.16. The molecular formula is C13H8F3N5O2. The number of fused-ring (bicyclic) bond motifs is 1. The molecule has 0 spiro atoms. The number of carbonyl (C=O) groups excluding carboxylic acids is 2. The fourth-order valence-electron chi connectivity index (χ4n) is 1.99. The lowest BCUT2D eigenvalue weighted by Gasteiger charge is -2.18. The van der Waals surface area contributed by atoms with Crippen LogP contribution in [0.5, 0.6) is 0 Å². The second kappa shape index (κ2) is 5.00. The van der Waals surface area contributed by atoms with Gasteiger partial charge in [-0.3, -0.25) is 20.0 Å². The van der Waals surface area contributed by atoms with Crippen molar-refractivity contribution in [3.63, 3.8) is 0 Å². The Morgan fingerprint density at radius 2 is 1.96 bits per heavy atom. The summed E-state index contributed by atoms with van der Waals surface area (Å²) in [5.41, 5.74) is 2.43. The molecule has 0 bridgehead atoms. The predicted molar refractivity (Wildman–Crippen MR) is 71.6 cm³/mol. The van der Waals surface area contributed by atoms with Crippen molar-refractivity contribution in [1.29, 1.82) is 0 Å². The van der Waals surface area contributed by atoms with Crippen LogP contribution in [0.2, 0.25) is 0 Å². The monoisotopic (exact) mass is 323 g/mol. The van der Waals surface area contributed by atoms with Crippen LogP contribution in [0.25, 0.3) is 10.9 Å². The maximum absolute atomic E-state index is 12.9. The quantitative estimate of drug-likeness (QED) is 0.846. The molecule has 2 aromatic rings. The third kappa shape index (κ3) is 2.58. The summed E-state index contributed by atoms with van der Waals surface area (Å²) >= 11 is 0. The minimum Gasteiger partial charge on any atom is -0.271 e. The zero-order valence-electron chi connectivity index (χ0n) is 11.5. The normalized spacial score (nSPS) is 15.3. The first-order chi connectivity index (χ1) is 10.8. The van der Waals surface area contributed by atoms with Crippen LogP contribution in [0.15, 0.2) is 30.1 Å². The standard InChI is InChI=1S/C13H8F3N5O2/c1-6-4-9(22)21(11(6)23)20-10-7-2-3-17-5-8(7)18-12(19-10)13(14,15)16/h2-5H,1H3,(H,18,19,20). The Hall–Kier alpha value is -3.04. The maximum atomic E-state index is 12.9. The molecule has 0 radical (unpaired) electrons. The van der Waals surface area contributed by atoms with Crippen LogP contribution >= 0.6 is 0 Å². The summed E-state index contributed by atoms with van der Waals surface area (Å²) in [4.78, 5) is 34.0. The Kier molecular flexibility index (Phi) is 3.24. The molecule has 3 heterocycles. The van der Waals surface area contributed by atoms with Gasteiger partial charge in [0, 0.05) is 23.2 Å². The lowest BCUT2D eigenvalue weighted by atomic mass is 10.3. The number of halogens is 3. The van der Waals surface area contributed by atoms with Crippen molar-refractivity contribution in [1.82, 2.24) is 20.0 Å². The van der Waals surface area contributed by atoms with Gasteiger partial charge in [-0.25, -0.2) is 9.97 Å². The van der Waals surface area contributed by atoms with Crippen LogP contribution < -0.4 is 5.43 Å². The molecule has 23 heavy (non-hydrogen) atoms. The molecule has 0 saturated carbocycles. The van der Waals surface area contributed by atoms with E-state index in [1.54, 1.807) is 0 Å². The van der Waals surface area contributed by atoms with Crippen LogP contribution in [0.3, 0.4) is 0 Å². The number of hydrogen-bond acceptors (Lipinski definition) is 6. The lowest BCUT2D eigenvalue weighted by Crippen LogP contribution is -2.37. The molecule has 7 nitrogen and oxygen atoms in total. The van der Waals surface area contributed by atoms with Crippen molar-refractivity contribution in [2.24, 2.45) is 0 Å². The molecular weight excluding hydrogens is 315 g/mol. The summed E-state index contributed by atoms with van der Waals surface area (Å²) in [5.74, 6) is -3.06. The van der Waals surface area contributed by atoms with E-state index >= 15 is 0 Å². The Morgan fingerprint density at radius 1 is 1.22 bits per heavy atom. The number of pyridine rings is 1. The van der Waals surface area contributed by atoms with Crippen molar-refractivity contribution in [3.05, 3.63) is 35.9 Å². The van der Waals surface area contributed by atoms with E-state index in [4.69, 9.17) is 0 Å². The van der Waals surface area contributed by atoms with Gasteiger partial charge in [0.25, 0.3) is 11.8 Å². The molecule has 0 aromatic carbocycles. The summed E-state index contributed by atoms with van der Waals surface area (Å²) in [7, 11) is 0. The first-order valence-corrected chi connectivity index (χ1v) is 6.29. The largest absolute Gasteiger partial charge is 0.451 e. The van der Waals surface area contributed by atoms with E-state index in [1.807, 2.05) is 0 Å². The van der Waals surface area contributed by atoms with Crippen LogP contribution in [0.4, 0.5) is 19.0 Å². The van der Waals surface area contributed by atoms with Gasteiger partial charge in [-0.15, -0.1) is 0 Å². The number of nitrogens with zero attached hydrogens (tertiary/aromatic N) is 4. The number of alkyl halides is 3. The first kappa shape index (κ1) is 14.9. The van der Waals surface area contributed by atoms with Crippen LogP contribution in [0.1, 0.15) is 12.7 Å². The minimum absolute atomic E-state index is 0.0684. The number of aromatic nitrogens is 3. The number of amides is 2. The van der Waals surface area contributed by atoms with Gasteiger partial charge < -0.3 is 0 Å². The van der Waals surface area contributed by atoms with E-state index < -0.39 is 23.8 Å². The molecule has 3 rings (SSSR count). The van der Waals surface area contributed by atoms with Crippen molar-refractivity contribution >= 4 is 28.5 Å². The Labute approximate surface area is 126 Å². The molecule has 2 amide bonds. The van der Waals surface area contributed by atoms with E-state index in [1.165, 1.54) is 19.2 Å². The van der Waals surface area contributed by atoms with E-state index in [0.29, 0.717) is 5.01 Å². The fraction of sp³-hybridized carbons (Fsp3) is 0.154. The van der Waals surface area contributed by atoms with Crippen LogP contribution in [-0.2, 0) is 15.8 Å².